The summed E-state index contributed by atoms with van der Waals surface area (Å²) in [6.45, 7) is 0.891. The number of ether oxygens (including phenoxy) is 1. The van der Waals surface area contributed by atoms with Crippen LogP contribution in [-0.2, 0) is 6.54 Å². The lowest BCUT2D eigenvalue weighted by molar-refractivity contribution is -0.154. The van der Waals surface area contributed by atoms with Crippen molar-refractivity contribution >= 4 is 11.7 Å². The number of piperidine rings is 1. The molecule has 2 aromatic rings. The quantitative estimate of drug-likeness (QED) is 0.814. The number of hydrogen-bond donors (Lipinski definition) is 1. The lowest BCUT2D eigenvalue weighted by atomic mass is 10.1. The van der Waals surface area contributed by atoms with Crippen LogP contribution in [0, 0.1) is 0 Å². The summed E-state index contributed by atoms with van der Waals surface area (Å²) in [6, 6.07) is 6.46. The van der Waals surface area contributed by atoms with Crippen LogP contribution in [0.2, 0.25) is 0 Å². The van der Waals surface area contributed by atoms with E-state index in [4.69, 9.17) is 0 Å². The van der Waals surface area contributed by atoms with Crippen molar-refractivity contribution in [2.45, 2.75) is 32.0 Å². The summed E-state index contributed by atoms with van der Waals surface area (Å²) in [5.41, 5.74) is 1.09. The number of amides is 1. The van der Waals surface area contributed by atoms with Gasteiger partial charge in [0.25, 0.3) is 5.91 Å². The molecule has 1 N–H and O–H groups in total. The number of alkyl halides is 3. The van der Waals surface area contributed by atoms with Gasteiger partial charge in [0.15, 0.2) is 6.61 Å². The van der Waals surface area contributed by atoms with Crippen molar-refractivity contribution in [2.24, 2.45) is 0 Å². The summed E-state index contributed by atoms with van der Waals surface area (Å²) in [5.74, 6) is 0.370. The van der Waals surface area contributed by atoms with E-state index in [1.54, 1.807) is 6.20 Å². The standard InChI is InChI=1S/C19H21F3N4O2/c20-19(21,22)13-28-17-7-5-15(12-24-17)18(27)25-11-14-4-6-16(23-10-14)26-8-2-1-3-9-26/h4-7,10,12H,1-3,8-9,11,13H2,(H,25,27). The number of hydrogen-bond acceptors (Lipinski definition) is 5. The Labute approximate surface area is 160 Å². The van der Waals surface area contributed by atoms with Crippen molar-refractivity contribution < 1.29 is 22.7 Å². The van der Waals surface area contributed by atoms with Crippen molar-refractivity contribution in [1.82, 2.24) is 15.3 Å². The lowest BCUT2D eigenvalue weighted by Crippen LogP contribution is -2.30. The number of pyridine rings is 2. The predicted molar refractivity (Wildman–Crippen MR) is 97.3 cm³/mol. The number of aromatic nitrogens is 2. The van der Waals surface area contributed by atoms with Gasteiger partial charge in [-0.05, 0) is 37.0 Å². The van der Waals surface area contributed by atoms with Crippen LogP contribution >= 0.6 is 0 Å². The first kappa shape index (κ1) is 19.9. The molecule has 6 nitrogen and oxygen atoms in total. The van der Waals surface area contributed by atoms with Crippen LogP contribution in [-0.4, -0.2) is 41.7 Å². The highest BCUT2D eigenvalue weighted by atomic mass is 19.4. The summed E-state index contributed by atoms with van der Waals surface area (Å²) in [5, 5.41) is 2.74. The van der Waals surface area contributed by atoms with E-state index < -0.39 is 12.8 Å². The largest absolute Gasteiger partial charge is 0.468 e. The van der Waals surface area contributed by atoms with Gasteiger partial charge in [0.05, 0.1) is 5.56 Å². The number of nitrogens with zero attached hydrogens (tertiary/aromatic N) is 3. The summed E-state index contributed by atoms with van der Waals surface area (Å²) < 4.78 is 40.9. The van der Waals surface area contributed by atoms with E-state index in [9.17, 15) is 18.0 Å². The van der Waals surface area contributed by atoms with E-state index in [0.717, 1.165) is 24.5 Å². The summed E-state index contributed by atoms with van der Waals surface area (Å²) in [7, 11) is 0. The normalized spacial score (nSPS) is 14.6. The van der Waals surface area contributed by atoms with Crippen LogP contribution < -0.4 is 15.0 Å². The zero-order valence-electron chi connectivity index (χ0n) is 15.2. The monoisotopic (exact) mass is 394 g/mol. The van der Waals surface area contributed by atoms with Crippen molar-refractivity contribution in [3.05, 3.63) is 47.8 Å². The smallest absolute Gasteiger partial charge is 0.422 e. The first-order valence-electron chi connectivity index (χ1n) is 9.04. The van der Waals surface area contributed by atoms with Crippen LogP contribution in [0.25, 0.3) is 0 Å². The molecule has 1 amide bonds. The Morgan fingerprint density at radius 2 is 1.86 bits per heavy atom. The molecule has 0 atom stereocenters. The van der Waals surface area contributed by atoms with Crippen molar-refractivity contribution in [2.75, 3.05) is 24.6 Å². The molecule has 0 bridgehead atoms. The molecular weight excluding hydrogens is 373 g/mol. The van der Waals surface area contributed by atoms with Gasteiger partial charge in [-0.3, -0.25) is 4.79 Å². The second kappa shape index (κ2) is 8.90. The van der Waals surface area contributed by atoms with Gasteiger partial charge in [0, 0.05) is 38.1 Å². The zero-order chi connectivity index (χ0) is 20.0. The maximum Gasteiger partial charge on any atom is 0.422 e. The Morgan fingerprint density at radius 3 is 2.46 bits per heavy atom. The Morgan fingerprint density at radius 1 is 1.07 bits per heavy atom. The number of nitrogens with one attached hydrogen (secondary N) is 1. The van der Waals surface area contributed by atoms with E-state index in [-0.39, 0.29) is 17.4 Å². The molecule has 28 heavy (non-hydrogen) atoms. The molecule has 1 fully saturated rings. The van der Waals surface area contributed by atoms with Crippen molar-refractivity contribution in [3.63, 3.8) is 0 Å². The van der Waals surface area contributed by atoms with E-state index in [1.165, 1.54) is 37.6 Å². The molecule has 0 radical (unpaired) electrons. The van der Waals surface area contributed by atoms with E-state index in [1.807, 2.05) is 12.1 Å². The van der Waals surface area contributed by atoms with Gasteiger partial charge < -0.3 is 15.0 Å². The van der Waals surface area contributed by atoms with Gasteiger partial charge in [-0.1, -0.05) is 6.07 Å². The Bertz CT molecular complexity index is 773. The Hall–Kier alpha value is -2.84. The van der Waals surface area contributed by atoms with Gasteiger partial charge in [-0.15, -0.1) is 0 Å². The molecule has 0 aliphatic carbocycles. The maximum atomic E-state index is 12.2. The van der Waals surface area contributed by atoms with E-state index >= 15 is 0 Å². The molecule has 1 saturated heterocycles. The first-order chi connectivity index (χ1) is 13.4. The minimum atomic E-state index is -4.44. The van der Waals surface area contributed by atoms with Crippen LogP contribution in [0.15, 0.2) is 36.7 Å². The molecule has 1 aliphatic rings. The SMILES string of the molecule is O=C(NCc1ccc(N2CCCCC2)nc1)c1ccc(OCC(F)(F)F)nc1. The van der Waals surface area contributed by atoms with E-state index in [0.29, 0.717) is 6.54 Å². The van der Waals surface area contributed by atoms with Crippen LogP contribution in [0.3, 0.4) is 0 Å². The minimum absolute atomic E-state index is 0.189. The average molecular weight is 394 g/mol. The van der Waals surface area contributed by atoms with Crippen molar-refractivity contribution in [1.29, 1.82) is 0 Å². The van der Waals surface area contributed by atoms with E-state index in [2.05, 4.69) is 24.9 Å². The highest BCUT2D eigenvalue weighted by Crippen LogP contribution is 2.18. The average Bonchev–Trinajstić information content (AvgIpc) is 2.71. The summed E-state index contributed by atoms with van der Waals surface area (Å²) in [4.78, 5) is 22.6. The Kier molecular flexibility index (Phi) is 6.33. The molecule has 0 aromatic carbocycles. The molecule has 3 heterocycles. The number of halogens is 3. The molecule has 9 heteroatoms. The molecule has 0 spiro atoms. The summed E-state index contributed by atoms with van der Waals surface area (Å²) in [6.07, 6.45) is 2.08. The fraction of sp³-hybridized carbons (Fsp3) is 0.421. The molecule has 0 saturated carbocycles. The first-order valence-corrected chi connectivity index (χ1v) is 9.04. The summed E-state index contributed by atoms with van der Waals surface area (Å²) >= 11 is 0. The molecule has 1 aliphatic heterocycles. The number of rotatable bonds is 6. The zero-order valence-corrected chi connectivity index (χ0v) is 15.2. The van der Waals surface area contributed by atoms with Gasteiger partial charge in [0.1, 0.15) is 5.82 Å². The van der Waals surface area contributed by atoms with Crippen LogP contribution in [0.4, 0.5) is 19.0 Å². The topological polar surface area (TPSA) is 67.4 Å². The molecule has 150 valence electrons. The fourth-order valence-electron chi connectivity index (χ4n) is 2.87. The fourth-order valence-corrected chi connectivity index (χ4v) is 2.87. The Balaban J connectivity index is 1.49. The highest BCUT2D eigenvalue weighted by Gasteiger charge is 2.28. The molecular formula is C19H21F3N4O2. The van der Waals surface area contributed by atoms with Crippen LogP contribution in [0.5, 0.6) is 5.88 Å². The third-order valence-electron chi connectivity index (χ3n) is 4.32. The second-order valence-corrected chi connectivity index (χ2v) is 6.54. The second-order valence-electron chi connectivity index (χ2n) is 6.54. The van der Waals surface area contributed by atoms with Gasteiger partial charge >= 0.3 is 6.18 Å². The minimum Gasteiger partial charge on any atom is -0.468 e. The number of anilines is 1. The van der Waals surface area contributed by atoms with Crippen LogP contribution in [0.1, 0.15) is 35.2 Å². The maximum absolute atomic E-state index is 12.2. The third-order valence-corrected chi connectivity index (χ3v) is 4.32. The lowest BCUT2D eigenvalue weighted by Gasteiger charge is -2.27. The highest BCUT2D eigenvalue weighted by molar-refractivity contribution is 5.93. The predicted octanol–water partition coefficient (Wildman–Crippen LogP) is 3.34. The molecule has 3 rings (SSSR count). The van der Waals surface area contributed by atoms with Gasteiger partial charge in [-0.2, -0.15) is 13.2 Å². The molecule has 0 unspecified atom stereocenters. The molecule has 2 aromatic heterocycles. The number of carbonyl (C=O) groups excluding carboxylic acids is 1. The number of carbonyl (C=O) groups is 1. The van der Waals surface area contributed by atoms with Gasteiger partial charge in [-0.25, -0.2) is 9.97 Å². The van der Waals surface area contributed by atoms with Gasteiger partial charge in [0.2, 0.25) is 5.88 Å². The third kappa shape index (κ3) is 5.83. The van der Waals surface area contributed by atoms with Crippen molar-refractivity contribution in [3.8, 4) is 5.88 Å².